The zero-order valence-electron chi connectivity index (χ0n) is 10.9. The van der Waals surface area contributed by atoms with E-state index in [2.05, 4.69) is 15.9 Å². The monoisotopic (exact) mass is 342 g/mol. The Balaban J connectivity index is 2.40. The molecule has 0 saturated carbocycles. The normalized spacial score (nSPS) is 13.2. The molecule has 0 fully saturated rings. The summed E-state index contributed by atoms with van der Waals surface area (Å²) in [7, 11) is 0. The van der Waals surface area contributed by atoms with Crippen molar-refractivity contribution in [3.05, 3.63) is 70.8 Å². The van der Waals surface area contributed by atoms with Gasteiger partial charge in [-0.3, -0.25) is 0 Å². The van der Waals surface area contributed by atoms with Gasteiger partial charge in [0.15, 0.2) is 0 Å². The van der Waals surface area contributed by atoms with E-state index in [0.29, 0.717) is 0 Å². The fourth-order valence-electron chi connectivity index (χ4n) is 2.08. The van der Waals surface area contributed by atoms with E-state index >= 15 is 0 Å². The largest absolute Gasteiger partial charge is 0.416 e. The second-order valence-corrected chi connectivity index (χ2v) is 5.46. The van der Waals surface area contributed by atoms with Crippen molar-refractivity contribution in [2.45, 2.75) is 24.3 Å². The molecular weight excluding hydrogens is 329 g/mol. The SMILES string of the molecule is CCc1ccc(C(Br)c2ccccc2C(F)(F)F)cc1. The van der Waals surface area contributed by atoms with Crippen LogP contribution >= 0.6 is 15.9 Å². The van der Waals surface area contributed by atoms with Gasteiger partial charge in [-0.25, -0.2) is 0 Å². The molecule has 0 aliphatic carbocycles. The highest BCUT2D eigenvalue weighted by molar-refractivity contribution is 9.09. The Morgan fingerprint density at radius 2 is 1.60 bits per heavy atom. The third-order valence-electron chi connectivity index (χ3n) is 3.22. The van der Waals surface area contributed by atoms with Crippen molar-refractivity contribution in [3.8, 4) is 0 Å². The highest BCUT2D eigenvalue weighted by Crippen LogP contribution is 2.40. The first kappa shape index (κ1) is 15.1. The van der Waals surface area contributed by atoms with Crippen LogP contribution in [-0.4, -0.2) is 0 Å². The quantitative estimate of drug-likeness (QED) is 0.622. The molecule has 0 N–H and O–H groups in total. The first-order chi connectivity index (χ1) is 9.43. The van der Waals surface area contributed by atoms with Gasteiger partial charge < -0.3 is 0 Å². The molecule has 20 heavy (non-hydrogen) atoms. The Bertz CT molecular complexity index is 573. The van der Waals surface area contributed by atoms with Crippen molar-refractivity contribution in [3.63, 3.8) is 0 Å². The fraction of sp³-hybridized carbons (Fsp3) is 0.250. The van der Waals surface area contributed by atoms with Gasteiger partial charge in [0.2, 0.25) is 0 Å². The molecule has 0 aromatic heterocycles. The summed E-state index contributed by atoms with van der Waals surface area (Å²) in [6.07, 6.45) is -3.43. The van der Waals surface area contributed by atoms with Gasteiger partial charge >= 0.3 is 6.18 Å². The number of benzene rings is 2. The standard InChI is InChI=1S/C16H14BrF3/c1-2-11-7-9-12(10-8-11)15(17)13-5-3-4-6-14(13)16(18,19)20/h3-10,15H,2H2,1H3. The summed E-state index contributed by atoms with van der Waals surface area (Å²) in [4.78, 5) is -0.466. The molecule has 2 aromatic rings. The van der Waals surface area contributed by atoms with Crippen LogP contribution in [0.3, 0.4) is 0 Å². The predicted molar refractivity (Wildman–Crippen MR) is 78.0 cm³/mol. The van der Waals surface area contributed by atoms with E-state index in [4.69, 9.17) is 0 Å². The number of hydrogen-bond donors (Lipinski definition) is 0. The minimum atomic E-state index is -4.34. The number of alkyl halides is 4. The van der Waals surface area contributed by atoms with Crippen LogP contribution in [0.15, 0.2) is 48.5 Å². The molecule has 2 aromatic carbocycles. The van der Waals surface area contributed by atoms with Crippen LogP contribution in [0.2, 0.25) is 0 Å². The predicted octanol–water partition coefficient (Wildman–Crippen LogP) is 5.75. The number of aryl methyl sites for hydroxylation is 1. The smallest absolute Gasteiger partial charge is 0.166 e. The molecule has 1 unspecified atom stereocenters. The molecule has 0 aliphatic rings. The van der Waals surface area contributed by atoms with Gasteiger partial charge in [-0.05, 0) is 29.2 Å². The van der Waals surface area contributed by atoms with Gasteiger partial charge in [-0.2, -0.15) is 13.2 Å². The summed E-state index contributed by atoms with van der Waals surface area (Å²) < 4.78 is 39.1. The lowest BCUT2D eigenvalue weighted by atomic mass is 9.98. The molecule has 2 rings (SSSR count). The third kappa shape index (κ3) is 3.23. The first-order valence-corrected chi connectivity index (χ1v) is 7.24. The average molecular weight is 343 g/mol. The summed E-state index contributed by atoms with van der Waals surface area (Å²) in [6.45, 7) is 2.04. The van der Waals surface area contributed by atoms with Gasteiger partial charge in [-0.1, -0.05) is 65.3 Å². The van der Waals surface area contributed by atoms with Gasteiger partial charge in [0, 0.05) is 0 Å². The molecule has 106 valence electrons. The Morgan fingerprint density at radius 3 is 2.15 bits per heavy atom. The summed E-state index contributed by atoms with van der Waals surface area (Å²) in [5.41, 5.74) is 1.63. The van der Waals surface area contributed by atoms with Crippen molar-refractivity contribution >= 4 is 15.9 Å². The Labute approximate surface area is 124 Å². The Kier molecular flexibility index (Phi) is 4.53. The molecule has 0 saturated heterocycles. The minimum Gasteiger partial charge on any atom is -0.166 e. The molecule has 0 radical (unpaired) electrons. The summed E-state index contributed by atoms with van der Waals surface area (Å²) in [5.74, 6) is 0. The van der Waals surface area contributed by atoms with E-state index in [0.717, 1.165) is 23.6 Å². The van der Waals surface area contributed by atoms with Crippen molar-refractivity contribution < 1.29 is 13.2 Å². The molecule has 0 spiro atoms. The maximum Gasteiger partial charge on any atom is 0.416 e. The second-order valence-electron chi connectivity index (χ2n) is 4.54. The van der Waals surface area contributed by atoms with E-state index < -0.39 is 16.6 Å². The van der Waals surface area contributed by atoms with Crippen molar-refractivity contribution in [2.75, 3.05) is 0 Å². The fourth-order valence-corrected chi connectivity index (χ4v) is 2.78. The van der Waals surface area contributed by atoms with E-state index in [1.165, 1.54) is 12.1 Å². The average Bonchev–Trinajstić information content (AvgIpc) is 2.46. The van der Waals surface area contributed by atoms with Crippen molar-refractivity contribution in [1.82, 2.24) is 0 Å². The molecule has 4 heteroatoms. The third-order valence-corrected chi connectivity index (χ3v) is 4.24. The van der Waals surface area contributed by atoms with Gasteiger partial charge in [-0.15, -0.1) is 0 Å². The van der Waals surface area contributed by atoms with Crippen LogP contribution in [0.25, 0.3) is 0 Å². The van der Waals surface area contributed by atoms with Crippen LogP contribution < -0.4 is 0 Å². The van der Waals surface area contributed by atoms with Crippen molar-refractivity contribution in [2.24, 2.45) is 0 Å². The first-order valence-electron chi connectivity index (χ1n) is 6.32. The van der Waals surface area contributed by atoms with Crippen LogP contribution in [-0.2, 0) is 12.6 Å². The van der Waals surface area contributed by atoms with E-state index in [1.807, 2.05) is 31.2 Å². The van der Waals surface area contributed by atoms with Crippen LogP contribution in [0.1, 0.15) is 34.0 Å². The van der Waals surface area contributed by atoms with Gasteiger partial charge in [0.1, 0.15) is 0 Å². The molecule has 0 heterocycles. The summed E-state index contributed by atoms with van der Waals surface area (Å²) >= 11 is 3.38. The second kappa shape index (κ2) is 6.00. The van der Waals surface area contributed by atoms with Crippen molar-refractivity contribution in [1.29, 1.82) is 0 Å². The zero-order chi connectivity index (χ0) is 14.8. The van der Waals surface area contributed by atoms with Crippen LogP contribution in [0.4, 0.5) is 13.2 Å². The van der Waals surface area contributed by atoms with Gasteiger partial charge in [0.05, 0.1) is 10.4 Å². The van der Waals surface area contributed by atoms with E-state index in [1.54, 1.807) is 6.07 Å². The summed E-state index contributed by atoms with van der Waals surface area (Å²) in [6, 6.07) is 13.3. The minimum absolute atomic E-state index is 0.240. The lowest BCUT2D eigenvalue weighted by Gasteiger charge is -2.17. The van der Waals surface area contributed by atoms with Gasteiger partial charge in [0.25, 0.3) is 0 Å². The number of hydrogen-bond acceptors (Lipinski definition) is 0. The maximum absolute atomic E-state index is 13.0. The zero-order valence-corrected chi connectivity index (χ0v) is 12.5. The number of halogens is 4. The lowest BCUT2D eigenvalue weighted by Crippen LogP contribution is -2.10. The van der Waals surface area contributed by atoms with Crippen LogP contribution in [0, 0.1) is 0 Å². The summed E-state index contributed by atoms with van der Waals surface area (Å²) in [5, 5.41) is 0. The van der Waals surface area contributed by atoms with E-state index in [-0.39, 0.29) is 5.56 Å². The van der Waals surface area contributed by atoms with Crippen LogP contribution in [0.5, 0.6) is 0 Å². The molecule has 1 atom stereocenters. The van der Waals surface area contributed by atoms with E-state index in [9.17, 15) is 13.2 Å². The highest BCUT2D eigenvalue weighted by atomic mass is 79.9. The highest BCUT2D eigenvalue weighted by Gasteiger charge is 2.34. The molecule has 0 amide bonds. The molecular formula is C16H14BrF3. The maximum atomic E-state index is 13.0. The lowest BCUT2D eigenvalue weighted by molar-refractivity contribution is -0.138. The Hall–Kier alpha value is -1.29. The topological polar surface area (TPSA) is 0 Å². The number of rotatable bonds is 3. The molecule has 0 nitrogen and oxygen atoms in total. The molecule has 0 bridgehead atoms. The Morgan fingerprint density at radius 1 is 1.00 bits per heavy atom. The molecule has 0 aliphatic heterocycles.